The summed E-state index contributed by atoms with van der Waals surface area (Å²) in [6, 6.07) is 15.2. The number of pyridine rings is 2. The van der Waals surface area contributed by atoms with E-state index >= 15 is 0 Å². The summed E-state index contributed by atoms with van der Waals surface area (Å²) in [6.45, 7) is 8.91. The number of piperidine rings is 1. The van der Waals surface area contributed by atoms with E-state index in [0.29, 0.717) is 6.04 Å². The molecule has 2 saturated heterocycles. The Morgan fingerprint density at radius 3 is 2.49 bits per heavy atom. The number of aromatic nitrogens is 5. The van der Waals surface area contributed by atoms with Crippen LogP contribution in [-0.2, 0) is 0 Å². The average Bonchev–Trinajstić information content (AvgIpc) is 3.39. The van der Waals surface area contributed by atoms with Crippen LogP contribution in [0.4, 0.5) is 5.69 Å². The van der Waals surface area contributed by atoms with Crippen LogP contribution in [0.3, 0.4) is 0 Å². The van der Waals surface area contributed by atoms with Gasteiger partial charge in [0.05, 0.1) is 23.1 Å². The van der Waals surface area contributed by atoms with Crippen molar-refractivity contribution in [2.75, 3.05) is 51.2 Å². The van der Waals surface area contributed by atoms with Crippen molar-refractivity contribution >= 4 is 16.6 Å². The molecule has 8 nitrogen and oxygen atoms in total. The van der Waals surface area contributed by atoms with E-state index < -0.39 is 0 Å². The van der Waals surface area contributed by atoms with E-state index in [1.807, 2.05) is 31.3 Å². The second kappa shape index (κ2) is 9.36. The molecule has 2 aliphatic heterocycles. The van der Waals surface area contributed by atoms with Gasteiger partial charge in [-0.2, -0.15) is 15.4 Å². The quantitative estimate of drug-likeness (QED) is 0.490. The molecule has 4 aromatic rings. The van der Waals surface area contributed by atoms with Crippen LogP contribution in [0.5, 0.6) is 0 Å². The molecule has 0 radical (unpaired) electrons. The first-order chi connectivity index (χ1) is 17.1. The van der Waals surface area contributed by atoms with Crippen molar-refractivity contribution in [3.8, 4) is 22.6 Å². The zero-order valence-corrected chi connectivity index (χ0v) is 20.5. The van der Waals surface area contributed by atoms with Crippen LogP contribution in [0.25, 0.3) is 33.5 Å². The molecule has 0 bridgehead atoms. The van der Waals surface area contributed by atoms with Gasteiger partial charge in [0.1, 0.15) is 11.4 Å². The van der Waals surface area contributed by atoms with Crippen LogP contribution < -0.4 is 4.90 Å². The van der Waals surface area contributed by atoms with E-state index in [1.165, 1.54) is 44.7 Å². The lowest BCUT2D eigenvalue weighted by Gasteiger charge is -2.42. The Hall–Kier alpha value is -3.36. The summed E-state index contributed by atoms with van der Waals surface area (Å²) in [7, 11) is 2.22. The summed E-state index contributed by atoms with van der Waals surface area (Å²) in [4.78, 5) is 17.0. The fraction of sp³-hybridized carbons (Fsp3) is 0.407. The molecule has 8 heteroatoms. The van der Waals surface area contributed by atoms with Crippen LogP contribution in [0, 0.1) is 6.92 Å². The molecule has 5 heterocycles. The number of H-pyrrole nitrogens is 1. The highest BCUT2D eigenvalue weighted by atomic mass is 15.3. The largest absolute Gasteiger partial charge is 0.370 e. The van der Waals surface area contributed by atoms with Gasteiger partial charge in [0.25, 0.3) is 0 Å². The van der Waals surface area contributed by atoms with Gasteiger partial charge in [-0.3, -0.25) is 14.9 Å². The Balaban J connectivity index is 1.22. The lowest BCUT2D eigenvalue weighted by Crippen LogP contribution is -2.52. The van der Waals surface area contributed by atoms with Crippen LogP contribution in [0.2, 0.25) is 0 Å². The van der Waals surface area contributed by atoms with Crippen LogP contribution in [0.15, 0.2) is 48.7 Å². The van der Waals surface area contributed by atoms with Crippen molar-refractivity contribution in [1.29, 1.82) is 0 Å². The topological polar surface area (TPSA) is 77.1 Å². The third-order valence-electron chi connectivity index (χ3n) is 7.50. The highest BCUT2D eigenvalue weighted by Crippen LogP contribution is 2.31. The number of anilines is 1. The number of likely N-dealkylation sites (N-methyl/N-ethyl adjacent to an activating group) is 1. The summed E-state index contributed by atoms with van der Waals surface area (Å²) >= 11 is 0. The lowest BCUT2D eigenvalue weighted by atomic mass is 10.0. The van der Waals surface area contributed by atoms with Gasteiger partial charge in [0, 0.05) is 62.0 Å². The predicted octanol–water partition coefficient (Wildman–Crippen LogP) is 3.61. The molecule has 1 N–H and O–H groups in total. The highest BCUT2D eigenvalue weighted by Gasteiger charge is 2.27. The number of piperazine rings is 1. The van der Waals surface area contributed by atoms with Gasteiger partial charge < -0.3 is 9.80 Å². The van der Waals surface area contributed by atoms with Crippen LogP contribution in [0.1, 0.15) is 18.5 Å². The van der Waals surface area contributed by atoms with Crippen molar-refractivity contribution in [2.45, 2.75) is 25.8 Å². The number of rotatable bonds is 4. The number of hydrogen-bond acceptors (Lipinski definition) is 7. The summed E-state index contributed by atoms with van der Waals surface area (Å²) in [5.41, 5.74) is 6.56. The zero-order chi connectivity index (χ0) is 23.8. The third kappa shape index (κ3) is 4.51. The number of nitrogens with one attached hydrogen (secondary N) is 1. The Morgan fingerprint density at radius 1 is 0.886 bits per heavy atom. The molecule has 1 aromatic carbocycles. The van der Waals surface area contributed by atoms with Crippen molar-refractivity contribution < 1.29 is 0 Å². The van der Waals surface area contributed by atoms with E-state index in [9.17, 15) is 0 Å². The Morgan fingerprint density at radius 2 is 1.69 bits per heavy atom. The minimum Gasteiger partial charge on any atom is -0.370 e. The predicted molar refractivity (Wildman–Crippen MR) is 139 cm³/mol. The SMILES string of the molecule is Cc1cccc(-c2n[nH]nc2-c2ccc3ncc(N4CCC(N5CCN(C)CC5)CC4)cc3c2)n1. The van der Waals surface area contributed by atoms with E-state index in [2.05, 4.69) is 66.4 Å². The molecule has 0 spiro atoms. The second-order valence-electron chi connectivity index (χ2n) is 9.84. The number of aryl methyl sites for hydroxylation is 1. The summed E-state index contributed by atoms with van der Waals surface area (Å²) < 4.78 is 0. The molecular formula is C27H32N8. The van der Waals surface area contributed by atoms with Crippen molar-refractivity contribution in [2.24, 2.45) is 0 Å². The first-order valence-corrected chi connectivity index (χ1v) is 12.6. The van der Waals surface area contributed by atoms with Gasteiger partial charge in [0.15, 0.2) is 0 Å². The smallest absolute Gasteiger partial charge is 0.139 e. The summed E-state index contributed by atoms with van der Waals surface area (Å²) in [5, 5.41) is 12.8. The Labute approximate surface area is 206 Å². The molecule has 6 rings (SSSR count). The first kappa shape index (κ1) is 22.1. The maximum atomic E-state index is 4.77. The summed E-state index contributed by atoms with van der Waals surface area (Å²) in [6.07, 6.45) is 4.46. The number of fused-ring (bicyclic) bond motifs is 1. The van der Waals surface area contributed by atoms with Gasteiger partial charge in [-0.25, -0.2) is 0 Å². The summed E-state index contributed by atoms with van der Waals surface area (Å²) in [5.74, 6) is 0. The van der Waals surface area contributed by atoms with E-state index in [-0.39, 0.29) is 0 Å². The number of nitrogens with zero attached hydrogens (tertiary/aromatic N) is 7. The maximum Gasteiger partial charge on any atom is 0.139 e. The average molecular weight is 469 g/mol. The first-order valence-electron chi connectivity index (χ1n) is 12.6. The van der Waals surface area contributed by atoms with E-state index in [4.69, 9.17) is 4.98 Å². The Kier molecular flexibility index (Phi) is 5.91. The maximum absolute atomic E-state index is 4.77. The van der Waals surface area contributed by atoms with Crippen molar-refractivity contribution in [3.05, 3.63) is 54.4 Å². The monoisotopic (exact) mass is 468 g/mol. The number of aromatic amines is 1. The molecule has 180 valence electrons. The van der Waals surface area contributed by atoms with Gasteiger partial charge in [-0.1, -0.05) is 12.1 Å². The van der Waals surface area contributed by atoms with Crippen molar-refractivity contribution in [3.63, 3.8) is 0 Å². The van der Waals surface area contributed by atoms with Gasteiger partial charge in [0.2, 0.25) is 0 Å². The molecule has 2 fully saturated rings. The molecule has 0 amide bonds. The van der Waals surface area contributed by atoms with Crippen LogP contribution >= 0.6 is 0 Å². The minimum atomic E-state index is 0.709. The van der Waals surface area contributed by atoms with Gasteiger partial charge in [-0.15, -0.1) is 0 Å². The number of hydrogen-bond donors (Lipinski definition) is 1. The van der Waals surface area contributed by atoms with E-state index in [0.717, 1.165) is 52.3 Å². The molecular weight excluding hydrogens is 436 g/mol. The Bertz CT molecular complexity index is 1320. The molecule has 35 heavy (non-hydrogen) atoms. The fourth-order valence-electron chi connectivity index (χ4n) is 5.40. The van der Waals surface area contributed by atoms with Gasteiger partial charge in [-0.05, 0) is 57.1 Å². The minimum absolute atomic E-state index is 0.709. The molecule has 2 aliphatic rings. The van der Waals surface area contributed by atoms with Crippen LogP contribution in [-0.4, -0.2) is 87.5 Å². The molecule has 3 aromatic heterocycles. The fourth-order valence-corrected chi connectivity index (χ4v) is 5.40. The van der Waals surface area contributed by atoms with E-state index in [1.54, 1.807) is 0 Å². The molecule has 0 saturated carbocycles. The highest BCUT2D eigenvalue weighted by molar-refractivity contribution is 5.88. The molecule has 0 atom stereocenters. The lowest BCUT2D eigenvalue weighted by molar-refractivity contribution is 0.0982. The van der Waals surface area contributed by atoms with Gasteiger partial charge >= 0.3 is 0 Å². The number of benzene rings is 1. The third-order valence-corrected chi connectivity index (χ3v) is 7.50. The normalized spacial score (nSPS) is 18.4. The zero-order valence-electron chi connectivity index (χ0n) is 20.5. The van der Waals surface area contributed by atoms with Crippen molar-refractivity contribution in [1.82, 2.24) is 35.2 Å². The standard InChI is InChI=1S/C27H32N8/c1-19-4-3-5-25(29-19)27-26(30-32-31-27)20-6-7-24-21(16-20)17-23(18-28-24)34-10-8-22(9-11-34)35-14-12-33(2)13-15-35/h3-7,16-18,22H,8-15H2,1-2H3,(H,30,31,32). The molecule has 0 aliphatic carbocycles. The second-order valence-corrected chi connectivity index (χ2v) is 9.84. The molecule has 0 unspecified atom stereocenters.